The molecule has 2 N–H and O–H groups in total. The number of rotatable bonds is 3. The standard InChI is InChI=1S/C12H15FN4O2/c1-2-11(19)17-4-3-10(18)9(7-17)16-12-14-5-8(13)6-15-12/h2,5-6,9-10,18H,1,3-4,7H2,(H,14,15,16)/t9-,10-/m0/s1. The number of carbonyl (C=O) groups is 1. The van der Waals surface area contributed by atoms with Gasteiger partial charge in [0.2, 0.25) is 11.9 Å². The van der Waals surface area contributed by atoms with Crippen LogP contribution in [0, 0.1) is 5.82 Å². The van der Waals surface area contributed by atoms with Gasteiger partial charge in [-0.25, -0.2) is 14.4 Å². The van der Waals surface area contributed by atoms with Crippen molar-refractivity contribution in [2.24, 2.45) is 0 Å². The van der Waals surface area contributed by atoms with E-state index in [0.29, 0.717) is 19.5 Å². The molecule has 1 saturated heterocycles. The molecule has 102 valence electrons. The zero-order valence-electron chi connectivity index (χ0n) is 10.3. The maximum Gasteiger partial charge on any atom is 0.246 e. The Balaban J connectivity index is 2.03. The highest BCUT2D eigenvalue weighted by Crippen LogP contribution is 2.14. The number of halogens is 1. The molecule has 19 heavy (non-hydrogen) atoms. The van der Waals surface area contributed by atoms with Crippen LogP contribution < -0.4 is 5.32 Å². The van der Waals surface area contributed by atoms with Crippen LogP contribution in [0.1, 0.15) is 6.42 Å². The van der Waals surface area contributed by atoms with Crippen LogP contribution >= 0.6 is 0 Å². The number of hydrogen-bond acceptors (Lipinski definition) is 5. The van der Waals surface area contributed by atoms with E-state index in [0.717, 1.165) is 12.4 Å². The molecule has 1 aliphatic heterocycles. The lowest BCUT2D eigenvalue weighted by Gasteiger charge is -2.36. The minimum Gasteiger partial charge on any atom is -0.391 e. The van der Waals surface area contributed by atoms with E-state index in [9.17, 15) is 14.3 Å². The van der Waals surface area contributed by atoms with Crippen molar-refractivity contribution in [1.29, 1.82) is 0 Å². The number of anilines is 1. The Morgan fingerprint density at radius 3 is 2.89 bits per heavy atom. The summed E-state index contributed by atoms with van der Waals surface area (Å²) in [6.07, 6.45) is 3.17. The Kier molecular flexibility index (Phi) is 4.06. The van der Waals surface area contributed by atoms with E-state index in [1.807, 2.05) is 0 Å². The molecule has 2 atom stereocenters. The molecule has 7 heteroatoms. The molecule has 1 aromatic heterocycles. The fourth-order valence-corrected chi connectivity index (χ4v) is 1.96. The number of aliphatic hydroxyl groups excluding tert-OH is 1. The largest absolute Gasteiger partial charge is 0.391 e. The fraction of sp³-hybridized carbons (Fsp3) is 0.417. The van der Waals surface area contributed by atoms with E-state index in [1.165, 1.54) is 6.08 Å². The lowest BCUT2D eigenvalue weighted by molar-refractivity contribution is -0.128. The minimum atomic E-state index is -0.609. The van der Waals surface area contributed by atoms with Crippen LogP contribution in [0.3, 0.4) is 0 Å². The van der Waals surface area contributed by atoms with Crippen molar-refractivity contribution in [3.05, 3.63) is 30.9 Å². The van der Waals surface area contributed by atoms with E-state index >= 15 is 0 Å². The highest BCUT2D eigenvalue weighted by Gasteiger charge is 2.29. The number of hydrogen-bond donors (Lipinski definition) is 2. The average Bonchev–Trinajstić information content (AvgIpc) is 2.43. The molecule has 1 fully saturated rings. The summed E-state index contributed by atoms with van der Waals surface area (Å²) in [5, 5.41) is 12.8. The second-order valence-corrected chi connectivity index (χ2v) is 4.32. The number of carbonyl (C=O) groups excluding carboxylic acids is 1. The van der Waals surface area contributed by atoms with Crippen LogP contribution in [0.15, 0.2) is 25.0 Å². The summed E-state index contributed by atoms with van der Waals surface area (Å²) in [6, 6.07) is -0.386. The maximum atomic E-state index is 12.7. The number of aromatic nitrogens is 2. The normalized spacial score (nSPS) is 22.9. The van der Waals surface area contributed by atoms with Crippen LogP contribution in [0.2, 0.25) is 0 Å². The van der Waals surface area contributed by atoms with Crippen molar-refractivity contribution in [2.75, 3.05) is 18.4 Å². The van der Waals surface area contributed by atoms with E-state index in [-0.39, 0.29) is 17.9 Å². The van der Waals surface area contributed by atoms with Gasteiger partial charge in [-0.2, -0.15) is 0 Å². The Morgan fingerprint density at radius 1 is 1.58 bits per heavy atom. The van der Waals surface area contributed by atoms with E-state index in [1.54, 1.807) is 4.90 Å². The number of likely N-dealkylation sites (tertiary alicyclic amines) is 1. The summed E-state index contributed by atoms with van der Waals surface area (Å²) in [5.41, 5.74) is 0. The van der Waals surface area contributed by atoms with Gasteiger partial charge in [-0.05, 0) is 12.5 Å². The highest BCUT2D eigenvalue weighted by atomic mass is 19.1. The van der Waals surface area contributed by atoms with Crippen molar-refractivity contribution in [3.63, 3.8) is 0 Å². The predicted molar refractivity (Wildman–Crippen MR) is 66.8 cm³/mol. The first kappa shape index (κ1) is 13.4. The van der Waals surface area contributed by atoms with Gasteiger partial charge in [0.05, 0.1) is 24.5 Å². The van der Waals surface area contributed by atoms with Gasteiger partial charge in [-0.3, -0.25) is 4.79 Å². The Bertz CT molecular complexity index is 465. The first-order chi connectivity index (χ1) is 9.10. The van der Waals surface area contributed by atoms with Gasteiger partial charge in [0.1, 0.15) is 0 Å². The van der Waals surface area contributed by atoms with Crippen molar-refractivity contribution >= 4 is 11.9 Å². The number of aliphatic hydroxyl groups is 1. The van der Waals surface area contributed by atoms with Gasteiger partial charge in [0.25, 0.3) is 0 Å². The molecule has 0 spiro atoms. The van der Waals surface area contributed by atoms with Crippen LogP contribution in [0.25, 0.3) is 0 Å². The molecule has 0 unspecified atom stereocenters. The number of nitrogens with one attached hydrogen (secondary N) is 1. The lowest BCUT2D eigenvalue weighted by Crippen LogP contribution is -2.52. The topological polar surface area (TPSA) is 78.4 Å². The van der Waals surface area contributed by atoms with Gasteiger partial charge in [-0.1, -0.05) is 6.58 Å². The molecule has 1 aliphatic rings. The third-order valence-corrected chi connectivity index (χ3v) is 3.00. The Labute approximate surface area is 110 Å². The van der Waals surface area contributed by atoms with Crippen molar-refractivity contribution < 1.29 is 14.3 Å². The fourth-order valence-electron chi connectivity index (χ4n) is 1.96. The van der Waals surface area contributed by atoms with Gasteiger partial charge >= 0.3 is 0 Å². The summed E-state index contributed by atoms with van der Waals surface area (Å²) in [4.78, 5) is 20.6. The van der Waals surface area contributed by atoms with E-state index < -0.39 is 11.9 Å². The highest BCUT2D eigenvalue weighted by molar-refractivity contribution is 5.87. The van der Waals surface area contributed by atoms with E-state index in [2.05, 4.69) is 21.9 Å². The smallest absolute Gasteiger partial charge is 0.246 e. The quantitative estimate of drug-likeness (QED) is 0.763. The molecule has 2 rings (SSSR count). The van der Waals surface area contributed by atoms with Crippen LogP contribution in [-0.4, -0.2) is 51.1 Å². The van der Waals surface area contributed by atoms with Gasteiger partial charge in [0, 0.05) is 13.1 Å². The molecule has 0 bridgehead atoms. The van der Waals surface area contributed by atoms with Crippen LogP contribution in [0.5, 0.6) is 0 Å². The SMILES string of the molecule is C=CC(=O)N1CC[C@H](O)[C@@H](Nc2ncc(F)cn2)C1. The predicted octanol–water partition coefficient (Wildman–Crippen LogP) is 0.175. The molecule has 0 aliphatic carbocycles. The minimum absolute atomic E-state index is 0.182. The number of piperidine rings is 1. The van der Waals surface area contributed by atoms with E-state index in [4.69, 9.17) is 0 Å². The second kappa shape index (κ2) is 5.75. The lowest BCUT2D eigenvalue weighted by atomic mass is 10.0. The zero-order valence-corrected chi connectivity index (χ0v) is 10.3. The molecule has 2 heterocycles. The summed E-state index contributed by atoms with van der Waals surface area (Å²) in [6.45, 7) is 4.24. The van der Waals surface area contributed by atoms with Crippen molar-refractivity contribution in [2.45, 2.75) is 18.6 Å². The molecule has 1 aromatic rings. The third-order valence-electron chi connectivity index (χ3n) is 3.00. The summed E-state index contributed by atoms with van der Waals surface area (Å²) in [5.74, 6) is -0.490. The van der Waals surface area contributed by atoms with Gasteiger partial charge < -0.3 is 15.3 Å². The van der Waals surface area contributed by atoms with Crippen molar-refractivity contribution in [3.8, 4) is 0 Å². The molecule has 6 nitrogen and oxygen atoms in total. The third kappa shape index (κ3) is 3.25. The monoisotopic (exact) mass is 266 g/mol. The van der Waals surface area contributed by atoms with Crippen molar-refractivity contribution in [1.82, 2.24) is 14.9 Å². The molecular weight excluding hydrogens is 251 g/mol. The molecule has 1 amide bonds. The summed E-state index contributed by atoms with van der Waals surface area (Å²) >= 11 is 0. The molecule has 0 radical (unpaired) electrons. The number of amides is 1. The van der Waals surface area contributed by atoms with Gasteiger partial charge in [0.15, 0.2) is 5.82 Å². The first-order valence-electron chi connectivity index (χ1n) is 5.93. The van der Waals surface area contributed by atoms with Crippen LogP contribution in [0.4, 0.5) is 10.3 Å². The number of nitrogens with zero attached hydrogens (tertiary/aromatic N) is 3. The zero-order chi connectivity index (χ0) is 13.8. The Morgan fingerprint density at radius 2 is 2.26 bits per heavy atom. The van der Waals surface area contributed by atoms with Gasteiger partial charge in [-0.15, -0.1) is 0 Å². The summed E-state index contributed by atoms with van der Waals surface area (Å²) in [7, 11) is 0. The maximum absolute atomic E-state index is 12.7. The summed E-state index contributed by atoms with van der Waals surface area (Å²) < 4.78 is 12.7. The Hall–Kier alpha value is -2.02. The average molecular weight is 266 g/mol. The van der Waals surface area contributed by atoms with Crippen LogP contribution in [-0.2, 0) is 4.79 Å². The second-order valence-electron chi connectivity index (χ2n) is 4.32. The molecular formula is C12H15FN4O2. The molecule has 0 aromatic carbocycles. The first-order valence-corrected chi connectivity index (χ1v) is 5.93. The molecule has 0 saturated carbocycles.